The lowest BCUT2D eigenvalue weighted by molar-refractivity contribution is -0.156. The molecule has 20 heavy (non-hydrogen) atoms. The van der Waals surface area contributed by atoms with Crippen LogP contribution in [0.5, 0.6) is 0 Å². The fraction of sp³-hybridized carbons (Fsp3) is 0.417. The van der Waals surface area contributed by atoms with Gasteiger partial charge in [-0.05, 0) is 13.0 Å². The second-order valence-corrected chi connectivity index (χ2v) is 4.39. The second-order valence-electron chi connectivity index (χ2n) is 4.39. The lowest BCUT2D eigenvalue weighted by Gasteiger charge is -2.32. The molecule has 3 N–H and O–H groups in total. The fourth-order valence-electron chi connectivity index (χ4n) is 2.02. The largest absolute Gasteiger partial charge is 0.467 e. The minimum Gasteiger partial charge on any atom is -0.467 e. The van der Waals surface area contributed by atoms with Crippen molar-refractivity contribution in [1.29, 1.82) is 0 Å². The zero-order valence-electron chi connectivity index (χ0n) is 11.1. The van der Waals surface area contributed by atoms with Gasteiger partial charge in [0.1, 0.15) is 12.0 Å². The minimum absolute atomic E-state index is 0.153. The average molecular weight is 280 g/mol. The molecule has 1 aromatic rings. The van der Waals surface area contributed by atoms with Gasteiger partial charge in [0, 0.05) is 19.6 Å². The Balaban J connectivity index is 2.03. The molecule has 3 amide bonds. The van der Waals surface area contributed by atoms with E-state index in [1.165, 1.54) is 22.1 Å². The number of rotatable bonds is 4. The van der Waals surface area contributed by atoms with Gasteiger partial charge in [-0.15, -0.1) is 0 Å². The number of hydrazine groups is 1. The van der Waals surface area contributed by atoms with E-state index in [1.54, 1.807) is 0 Å². The van der Waals surface area contributed by atoms with Crippen LogP contribution in [0.2, 0.25) is 0 Å². The molecule has 1 saturated heterocycles. The van der Waals surface area contributed by atoms with Gasteiger partial charge in [0.05, 0.1) is 12.1 Å². The van der Waals surface area contributed by atoms with Crippen LogP contribution in [0.4, 0.5) is 0 Å². The van der Waals surface area contributed by atoms with E-state index in [-0.39, 0.29) is 12.1 Å². The number of amides is 3. The van der Waals surface area contributed by atoms with E-state index < -0.39 is 17.7 Å². The van der Waals surface area contributed by atoms with Crippen LogP contribution in [-0.4, -0.2) is 47.2 Å². The zero-order chi connectivity index (χ0) is 14.7. The molecule has 0 atom stereocenters. The van der Waals surface area contributed by atoms with Crippen LogP contribution in [0, 0.1) is 0 Å². The molecule has 0 spiro atoms. The molecule has 0 aliphatic carbocycles. The fourth-order valence-corrected chi connectivity index (χ4v) is 2.02. The van der Waals surface area contributed by atoms with Crippen molar-refractivity contribution < 1.29 is 18.8 Å². The summed E-state index contributed by atoms with van der Waals surface area (Å²) < 4.78 is 5.19. The van der Waals surface area contributed by atoms with Gasteiger partial charge in [0.2, 0.25) is 0 Å². The normalized spacial score (nSPS) is 15.7. The Morgan fingerprint density at radius 2 is 2.00 bits per heavy atom. The van der Waals surface area contributed by atoms with E-state index in [9.17, 15) is 14.4 Å². The maximum atomic E-state index is 11.9. The molecule has 0 radical (unpaired) electrons. The molecule has 0 saturated carbocycles. The standard InChI is InChI=1S/C12H16N4O4/c1-2-15-3-4-16(12(19)11(15)18)6-9-5-8(7-20-9)10(17)14-13/h5,7H,2-4,6,13H2,1H3,(H,14,17). The number of nitrogen functional groups attached to an aromatic ring is 1. The molecular formula is C12H16N4O4. The van der Waals surface area contributed by atoms with E-state index in [4.69, 9.17) is 10.3 Å². The van der Waals surface area contributed by atoms with Gasteiger partial charge in [-0.25, -0.2) is 5.84 Å². The molecule has 0 unspecified atom stereocenters. The molecule has 1 aliphatic rings. The van der Waals surface area contributed by atoms with Crippen LogP contribution in [0.3, 0.4) is 0 Å². The molecule has 8 heteroatoms. The molecule has 1 aromatic heterocycles. The summed E-state index contributed by atoms with van der Waals surface area (Å²) in [5.74, 6) is 3.90. The molecule has 2 rings (SSSR count). The van der Waals surface area contributed by atoms with Gasteiger partial charge in [-0.3, -0.25) is 19.8 Å². The van der Waals surface area contributed by atoms with Crippen molar-refractivity contribution in [3.05, 3.63) is 23.7 Å². The van der Waals surface area contributed by atoms with Gasteiger partial charge < -0.3 is 14.2 Å². The lowest BCUT2D eigenvalue weighted by Crippen LogP contribution is -2.53. The van der Waals surface area contributed by atoms with E-state index in [1.807, 2.05) is 12.3 Å². The van der Waals surface area contributed by atoms with Gasteiger partial charge in [0.25, 0.3) is 5.91 Å². The van der Waals surface area contributed by atoms with Gasteiger partial charge in [-0.1, -0.05) is 0 Å². The van der Waals surface area contributed by atoms with Crippen molar-refractivity contribution in [3.63, 3.8) is 0 Å². The number of likely N-dealkylation sites (N-methyl/N-ethyl adjacent to an activating group) is 1. The molecule has 2 heterocycles. The van der Waals surface area contributed by atoms with Crippen molar-refractivity contribution in [3.8, 4) is 0 Å². The summed E-state index contributed by atoms with van der Waals surface area (Å²) in [6, 6.07) is 1.49. The molecule has 1 aliphatic heterocycles. The van der Waals surface area contributed by atoms with Gasteiger partial charge in [0.15, 0.2) is 0 Å². The van der Waals surface area contributed by atoms with E-state index in [0.29, 0.717) is 25.4 Å². The first-order valence-electron chi connectivity index (χ1n) is 6.23. The SMILES string of the molecule is CCN1CCN(Cc2cc(C(=O)NN)co2)C(=O)C1=O. The molecule has 0 bridgehead atoms. The number of furan rings is 1. The van der Waals surface area contributed by atoms with Gasteiger partial charge in [-0.2, -0.15) is 0 Å². The van der Waals surface area contributed by atoms with Crippen molar-refractivity contribution in [2.75, 3.05) is 19.6 Å². The maximum absolute atomic E-state index is 11.9. The Labute approximate surface area is 115 Å². The molecule has 8 nitrogen and oxygen atoms in total. The van der Waals surface area contributed by atoms with E-state index in [0.717, 1.165) is 0 Å². The molecular weight excluding hydrogens is 264 g/mol. The first-order chi connectivity index (χ1) is 9.56. The summed E-state index contributed by atoms with van der Waals surface area (Å²) in [5.41, 5.74) is 2.26. The quantitative estimate of drug-likeness (QED) is 0.321. The van der Waals surface area contributed by atoms with Crippen LogP contribution >= 0.6 is 0 Å². The predicted octanol–water partition coefficient (Wildman–Crippen LogP) is -0.926. The number of nitrogens with zero attached hydrogens (tertiary/aromatic N) is 2. The number of nitrogens with two attached hydrogens (primary N) is 1. The van der Waals surface area contributed by atoms with E-state index >= 15 is 0 Å². The number of carbonyl (C=O) groups excluding carboxylic acids is 3. The summed E-state index contributed by atoms with van der Waals surface area (Å²) in [7, 11) is 0. The van der Waals surface area contributed by atoms with Gasteiger partial charge >= 0.3 is 11.8 Å². The van der Waals surface area contributed by atoms with Crippen LogP contribution in [0.1, 0.15) is 23.0 Å². The van der Waals surface area contributed by atoms with Crippen molar-refractivity contribution in [2.24, 2.45) is 5.84 Å². The maximum Gasteiger partial charge on any atom is 0.312 e. The highest BCUT2D eigenvalue weighted by Gasteiger charge is 2.32. The highest BCUT2D eigenvalue weighted by atomic mass is 16.3. The Bertz CT molecular complexity index is 539. The zero-order valence-corrected chi connectivity index (χ0v) is 11.1. The Morgan fingerprint density at radius 1 is 1.35 bits per heavy atom. The summed E-state index contributed by atoms with van der Waals surface area (Å²) in [6.07, 6.45) is 1.26. The first kappa shape index (κ1) is 14.1. The van der Waals surface area contributed by atoms with Crippen LogP contribution < -0.4 is 11.3 Å². The van der Waals surface area contributed by atoms with Crippen molar-refractivity contribution in [1.82, 2.24) is 15.2 Å². The Kier molecular flexibility index (Phi) is 4.04. The predicted molar refractivity (Wildman–Crippen MR) is 68.0 cm³/mol. The Morgan fingerprint density at radius 3 is 2.65 bits per heavy atom. The second kappa shape index (κ2) is 5.74. The average Bonchev–Trinajstić information content (AvgIpc) is 2.92. The first-order valence-corrected chi connectivity index (χ1v) is 6.23. The summed E-state index contributed by atoms with van der Waals surface area (Å²) in [6.45, 7) is 3.43. The third kappa shape index (κ3) is 2.64. The highest BCUT2D eigenvalue weighted by Crippen LogP contribution is 2.13. The lowest BCUT2D eigenvalue weighted by atomic mass is 10.2. The molecule has 0 aromatic carbocycles. The number of hydrogen-bond donors (Lipinski definition) is 2. The molecule has 1 fully saturated rings. The smallest absolute Gasteiger partial charge is 0.312 e. The minimum atomic E-state index is -0.556. The van der Waals surface area contributed by atoms with Crippen LogP contribution in [-0.2, 0) is 16.1 Å². The third-order valence-electron chi connectivity index (χ3n) is 3.17. The number of carbonyl (C=O) groups is 3. The third-order valence-corrected chi connectivity index (χ3v) is 3.17. The summed E-state index contributed by atoms with van der Waals surface area (Å²) >= 11 is 0. The number of nitrogens with one attached hydrogen (secondary N) is 1. The van der Waals surface area contributed by atoms with Crippen LogP contribution in [0.25, 0.3) is 0 Å². The summed E-state index contributed by atoms with van der Waals surface area (Å²) in [5, 5.41) is 0. The number of piperazine rings is 1. The monoisotopic (exact) mass is 280 g/mol. The van der Waals surface area contributed by atoms with Crippen molar-refractivity contribution in [2.45, 2.75) is 13.5 Å². The molecule has 108 valence electrons. The topological polar surface area (TPSA) is 109 Å². The Hall–Kier alpha value is -2.35. The highest BCUT2D eigenvalue weighted by molar-refractivity contribution is 6.35. The summed E-state index contributed by atoms with van der Waals surface area (Å²) in [4.78, 5) is 37.8. The van der Waals surface area contributed by atoms with E-state index in [2.05, 4.69) is 0 Å². The van der Waals surface area contributed by atoms with Crippen LogP contribution in [0.15, 0.2) is 16.7 Å². The van der Waals surface area contributed by atoms with Crippen molar-refractivity contribution >= 4 is 17.7 Å². The number of hydrogen-bond acceptors (Lipinski definition) is 5.